The van der Waals surface area contributed by atoms with Gasteiger partial charge in [-0.1, -0.05) is 31.2 Å². The first-order valence-electron chi connectivity index (χ1n) is 5.40. The van der Waals surface area contributed by atoms with Crippen LogP contribution in [0.25, 0.3) is 0 Å². The van der Waals surface area contributed by atoms with Crippen molar-refractivity contribution >= 4 is 17.1 Å². The fraction of sp³-hybridized carbons (Fsp3) is 0.214. The normalized spacial score (nSPS) is 10.4. The Morgan fingerprint density at radius 3 is 2.69 bits per heavy atom. The largest absolute Gasteiger partial charge is 0.288 e. The lowest BCUT2D eigenvalue weighted by Crippen LogP contribution is -2.03. The second kappa shape index (κ2) is 4.62. The lowest BCUT2D eigenvalue weighted by molar-refractivity contribution is 0.104. The van der Waals surface area contributed by atoms with Gasteiger partial charge in [-0.05, 0) is 35.9 Å². The maximum Gasteiger partial charge on any atom is 0.203 e. The van der Waals surface area contributed by atoms with Gasteiger partial charge in [-0.25, -0.2) is 0 Å². The molecular formula is C14H14OS. The summed E-state index contributed by atoms with van der Waals surface area (Å²) >= 11 is 1.54. The van der Waals surface area contributed by atoms with Gasteiger partial charge >= 0.3 is 0 Å². The van der Waals surface area contributed by atoms with Crippen molar-refractivity contribution < 1.29 is 4.79 Å². The van der Waals surface area contributed by atoms with Crippen LogP contribution in [0.15, 0.2) is 35.7 Å². The molecule has 0 aliphatic heterocycles. The summed E-state index contributed by atoms with van der Waals surface area (Å²) in [6, 6.07) is 9.79. The molecule has 0 saturated heterocycles. The highest BCUT2D eigenvalue weighted by Crippen LogP contribution is 2.22. The van der Waals surface area contributed by atoms with E-state index in [4.69, 9.17) is 0 Å². The van der Waals surface area contributed by atoms with E-state index >= 15 is 0 Å². The first-order chi connectivity index (χ1) is 7.74. The van der Waals surface area contributed by atoms with E-state index in [1.165, 1.54) is 11.3 Å². The quantitative estimate of drug-likeness (QED) is 0.732. The number of hydrogen-bond donors (Lipinski definition) is 0. The summed E-state index contributed by atoms with van der Waals surface area (Å²) in [5, 5.41) is 1.99. The SMILES string of the molecule is CCc1ccsc1C(=O)c1ccccc1C. The van der Waals surface area contributed by atoms with Gasteiger partial charge in [0.05, 0.1) is 4.88 Å². The number of aryl methyl sites for hydroxylation is 2. The van der Waals surface area contributed by atoms with Gasteiger partial charge in [0.1, 0.15) is 0 Å². The van der Waals surface area contributed by atoms with Crippen molar-refractivity contribution in [3.8, 4) is 0 Å². The van der Waals surface area contributed by atoms with Crippen molar-refractivity contribution in [2.75, 3.05) is 0 Å². The second-order valence-corrected chi connectivity index (χ2v) is 4.69. The highest BCUT2D eigenvalue weighted by atomic mass is 32.1. The van der Waals surface area contributed by atoms with Crippen LogP contribution < -0.4 is 0 Å². The number of carbonyl (C=O) groups is 1. The van der Waals surface area contributed by atoms with Gasteiger partial charge in [0.15, 0.2) is 0 Å². The number of benzene rings is 1. The zero-order chi connectivity index (χ0) is 11.5. The fourth-order valence-corrected chi connectivity index (χ4v) is 2.71. The van der Waals surface area contributed by atoms with Gasteiger partial charge in [0, 0.05) is 5.56 Å². The molecule has 82 valence electrons. The molecule has 0 fully saturated rings. The van der Waals surface area contributed by atoms with E-state index in [2.05, 4.69) is 6.92 Å². The summed E-state index contributed by atoms with van der Waals surface area (Å²) in [7, 11) is 0. The predicted octanol–water partition coefficient (Wildman–Crippen LogP) is 3.85. The van der Waals surface area contributed by atoms with E-state index in [1.54, 1.807) is 0 Å². The molecule has 2 rings (SSSR count). The molecule has 2 aromatic rings. The van der Waals surface area contributed by atoms with Crippen LogP contribution in [0, 0.1) is 6.92 Å². The van der Waals surface area contributed by atoms with Crippen LogP contribution in [0.4, 0.5) is 0 Å². The summed E-state index contributed by atoms with van der Waals surface area (Å²) in [6.45, 7) is 4.06. The smallest absolute Gasteiger partial charge is 0.203 e. The maximum absolute atomic E-state index is 12.3. The van der Waals surface area contributed by atoms with Gasteiger partial charge in [0.2, 0.25) is 5.78 Å². The number of hydrogen-bond acceptors (Lipinski definition) is 2. The Morgan fingerprint density at radius 1 is 1.25 bits per heavy atom. The molecule has 0 aliphatic carbocycles. The number of rotatable bonds is 3. The van der Waals surface area contributed by atoms with E-state index < -0.39 is 0 Å². The summed E-state index contributed by atoms with van der Waals surface area (Å²) in [4.78, 5) is 13.2. The first-order valence-corrected chi connectivity index (χ1v) is 6.28. The standard InChI is InChI=1S/C14H14OS/c1-3-11-8-9-16-14(11)13(15)12-7-5-4-6-10(12)2/h4-9H,3H2,1-2H3. The summed E-state index contributed by atoms with van der Waals surface area (Å²) in [5.74, 6) is 0.157. The van der Waals surface area contributed by atoms with Gasteiger partial charge in [-0.2, -0.15) is 0 Å². The Morgan fingerprint density at radius 2 is 2.00 bits per heavy atom. The summed E-state index contributed by atoms with van der Waals surface area (Å²) in [5.41, 5.74) is 3.01. The van der Waals surface area contributed by atoms with Crippen LogP contribution in [-0.2, 0) is 6.42 Å². The molecule has 0 aliphatic rings. The minimum Gasteiger partial charge on any atom is -0.288 e. The third kappa shape index (κ3) is 1.93. The van der Waals surface area contributed by atoms with Gasteiger partial charge < -0.3 is 0 Å². The van der Waals surface area contributed by atoms with Crippen LogP contribution in [0.2, 0.25) is 0 Å². The number of carbonyl (C=O) groups excluding carboxylic acids is 1. The molecular weight excluding hydrogens is 216 g/mol. The molecule has 0 amide bonds. The van der Waals surface area contributed by atoms with E-state index in [-0.39, 0.29) is 5.78 Å². The minimum absolute atomic E-state index is 0.157. The molecule has 1 heterocycles. The summed E-state index contributed by atoms with van der Waals surface area (Å²) < 4.78 is 0. The molecule has 16 heavy (non-hydrogen) atoms. The van der Waals surface area contributed by atoms with Crippen molar-refractivity contribution in [1.29, 1.82) is 0 Å². The third-order valence-corrected chi connectivity index (χ3v) is 3.68. The minimum atomic E-state index is 0.157. The van der Waals surface area contributed by atoms with Crippen molar-refractivity contribution in [2.45, 2.75) is 20.3 Å². The van der Waals surface area contributed by atoms with Crippen LogP contribution in [0.5, 0.6) is 0 Å². The third-order valence-electron chi connectivity index (χ3n) is 2.72. The van der Waals surface area contributed by atoms with Crippen LogP contribution >= 0.6 is 11.3 Å². The summed E-state index contributed by atoms with van der Waals surface area (Å²) in [6.07, 6.45) is 0.913. The zero-order valence-corrected chi connectivity index (χ0v) is 10.3. The molecule has 1 nitrogen and oxygen atoms in total. The van der Waals surface area contributed by atoms with Crippen molar-refractivity contribution in [1.82, 2.24) is 0 Å². The molecule has 2 heteroatoms. The van der Waals surface area contributed by atoms with Gasteiger partial charge in [-0.15, -0.1) is 11.3 Å². The molecule has 0 N–H and O–H groups in total. The highest BCUT2D eigenvalue weighted by Gasteiger charge is 2.15. The Hall–Kier alpha value is -1.41. The molecule has 0 radical (unpaired) electrons. The average molecular weight is 230 g/mol. The second-order valence-electron chi connectivity index (χ2n) is 3.77. The molecule has 0 atom stereocenters. The number of ketones is 1. The molecule has 0 spiro atoms. The monoisotopic (exact) mass is 230 g/mol. The zero-order valence-electron chi connectivity index (χ0n) is 9.49. The van der Waals surface area contributed by atoms with Crippen molar-refractivity contribution in [3.05, 3.63) is 57.3 Å². The maximum atomic E-state index is 12.3. The lowest BCUT2D eigenvalue weighted by atomic mass is 10.0. The Balaban J connectivity index is 2.44. The first kappa shape index (κ1) is 11.1. The molecule has 0 bridgehead atoms. The van der Waals surface area contributed by atoms with Crippen LogP contribution in [0.1, 0.15) is 33.3 Å². The van der Waals surface area contributed by atoms with E-state index in [9.17, 15) is 4.79 Å². The fourth-order valence-electron chi connectivity index (χ4n) is 1.76. The Kier molecular flexibility index (Phi) is 3.20. The van der Waals surface area contributed by atoms with E-state index in [0.29, 0.717) is 0 Å². The van der Waals surface area contributed by atoms with Gasteiger partial charge in [-0.3, -0.25) is 4.79 Å². The Labute approximate surface area is 99.8 Å². The lowest BCUT2D eigenvalue weighted by Gasteiger charge is -2.04. The van der Waals surface area contributed by atoms with Crippen LogP contribution in [-0.4, -0.2) is 5.78 Å². The van der Waals surface area contributed by atoms with Crippen molar-refractivity contribution in [2.24, 2.45) is 0 Å². The highest BCUT2D eigenvalue weighted by molar-refractivity contribution is 7.12. The van der Waals surface area contributed by atoms with Gasteiger partial charge in [0.25, 0.3) is 0 Å². The number of thiophene rings is 1. The predicted molar refractivity (Wildman–Crippen MR) is 68.3 cm³/mol. The van der Waals surface area contributed by atoms with E-state index in [0.717, 1.165) is 28.0 Å². The van der Waals surface area contributed by atoms with Crippen molar-refractivity contribution in [3.63, 3.8) is 0 Å². The van der Waals surface area contributed by atoms with Crippen LogP contribution in [0.3, 0.4) is 0 Å². The van der Waals surface area contributed by atoms with E-state index in [1.807, 2.05) is 42.6 Å². The molecule has 1 aromatic heterocycles. The molecule has 0 saturated carbocycles. The Bertz CT molecular complexity index is 511. The molecule has 1 aromatic carbocycles. The average Bonchev–Trinajstić information content (AvgIpc) is 2.77. The molecule has 0 unspecified atom stereocenters. The topological polar surface area (TPSA) is 17.1 Å².